The van der Waals surface area contributed by atoms with Gasteiger partial charge < -0.3 is 10.4 Å². The number of nitrogens with one attached hydrogen (secondary N) is 1. The van der Waals surface area contributed by atoms with Crippen LogP contribution in [0.4, 0.5) is 13.2 Å². The van der Waals surface area contributed by atoms with E-state index in [0.717, 1.165) is 38.6 Å². The fraction of sp³-hybridized carbons (Fsp3) is 1.00. The number of piperidine rings is 1. The van der Waals surface area contributed by atoms with Crippen LogP contribution in [0.25, 0.3) is 0 Å². The van der Waals surface area contributed by atoms with E-state index < -0.39 is 12.7 Å². The highest BCUT2D eigenvalue weighted by molar-refractivity contribution is 4.79. The maximum Gasteiger partial charge on any atom is 0.401 e. The molecule has 1 rings (SSSR count). The molecule has 0 amide bonds. The molecule has 3 nitrogen and oxygen atoms in total. The largest absolute Gasteiger partial charge is 0.401 e. The first kappa shape index (κ1) is 17.7. The minimum absolute atomic E-state index is 0.205. The lowest BCUT2D eigenvalue weighted by Crippen LogP contribution is -2.46. The fourth-order valence-electron chi connectivity index (χ4n) is 2.82. The van der Waals surface area contributed by atoms with Gasteiger partial charge in [-0.1, -0.05) is 13.3 Å². The third-order valence-corrected chi connectivity index (χ3v) is 3.92. The van der Waals surface area contributed by atoms with Crippen LogP contribution < -0.4 is 5.32 Å². The summed E-state index contributed by atoms with van der Waals surface area (Å²) in [5, 5.41) is 12.5. The Bertz CT molecular complexity index is 247. The Hall–Kier alpha value is -0.330. The molecule has 0 spiro atoms. The molecule has 6 heteroatoms. The number of aliphatic hydroxyl groups is 1. The molecule has 0 aromatic rings. The van der Waals surface area contributed by atoms with Crippen LogP contribution in [0.5, 0.6) is 0 Å². The molecule has 2 N–H and O–H groups in total. The Kier molecular flexibility index (Phi) is 7.84. The SMILES string of the molecule is CCCC(CCO)CNC1CCN(CC(F)(F)F)CC1. The zero-order valence-electron chi connectivity index (χ0n) is 12.3. The Morgan fingerprint density at radius 1 is 1.25 bits per heavy atom. The number of nitrogens with zero attached hydrogens (tertiary/aromatic N) is 1. The van der Waals surface area contributed by atoms with E-state index in [1.54, 1.807) is 0 Å². The van der Waals surface area contributed by atoms with Crippen LogP contribution in [0.2, 0.25) is 0 Å². The molecule has 20 heavy (non-hydrogen) atoms. The maximum atomic E-state index is 12.3. The van der Waals surface area contributed by atoms with Gasteiger partial charge in [0.15, 0.2) is 0 Å². The van der Waals surface area contributed by atoms with E-state index in [1.807, 2.05) is 0 Å². The van der Waals surface area contributed by atoms with Crippen molar-refractivity contribution in [2.45, 2.75) is 51.2 Å². The normalized spacial score (nSPS) is 20.2. The standard InChI is InChI=1S/C14H27F3N2O/c1-2-3-12(6-9-20)10-18-13-4-7-19(8-5-13)11-14(15,16)17/h12-13,18,20H,2-11H2,1H3. The molecule has 1 saturated heterocycles. The van der Waals surface area contributed by atoms with Gasteiger partial charge in [0, 0.05) is 12.6 Å². The molecule has 0 radical (unpaired) electrons. The lowest BCUT2D eigenvalue weighted by molar-refractivity contribution is -0.148. The summed E-state index contributed by atoms with van der Waals surface area (Å²) in [5.41, 5.74) is 0. The smallest absolute Gasteiger partial charge is 0.396 e. The molecule has 0 aliphatic carbocycles. The van der Waals surface area contributed by atoms with Crippen molar-refractivity contribution < 1.29 is 18.3 Å². The first-order chi connectivity index (χ1) is 9.44. The highest BCUT2D eigenvalue weighted by Gasteiger charge is 2.32. The number of likely N-dealkylation sites (tertiary alicyclic amines) is 1. The van der Waals surface area contributed by atoms with Gasteiger partial charge in [0.05, 0.1) is 6.54 Å². The molecule has 1 unspecified atom stereocenters. The highest BCUT2D eigenvalue weighted by Crippen LogP contribution is 2.20. The lowest BCUT2D eigenvalue weighted by atomic mass is 9.98. The van der Waals surface area contributed by atoms with E-state index in [4.69, 9.17) is 5.11 Å². The summed E-state index contributed by atoms with van der Waals surface area (Å²) in [7, 11) is 0. The Balaban J connectivity index is 2.21. The second-order valence-corrected chi connectivity index (χ2v) is 5.74. The van der Waals surface area contributed by atoms with Gasteiger partial charge in [-0.15, -0.1) is 0 Å². The molecule has 0 saturated carbocycles. The number of hydrogen-bond acceptors (Lipinski definition) is 3. The summed E-state index contributed by atoms with van der Waals surface area (Å²) in [4.78, 5) is 1.48. The fourth-order valence-corrected chi connectivity index (χ4v) is 2.82. The van der Waals surface area contributed by atoms with E-state index in [-0.39, 0.29) is 6.61 Å². The van der Waals surface area contributed by atoms with Gasteiger partial charge in [-0.25, -0.2) is 0 Å². The van der Waals surface area contributed by atoms with Crippen molar-refractivity contribution in [1.29, 1.82) is 0 Å². The van der Waals surface area contributed by atoms with E-state index in [9.17, 15) is 13.2 Å². The monoisotopic (exact) mass is 296 g/mol. The molecule has 120 valence electrons. The first-order valence-corrected chi connectivity index (χ1v) is 7.58. The molecule has 0 bridgehead atoms. The summed E-state index contributed by atoms with van der Waals surface area (Å²) < 4.78 is 36.8. The number of alkyl halides is 3. The predicted molar refractivity (Wildman–Crippen MR) is 73.6 cm³/mol. The third-order valence-electron chi connectivity index (χ3n) is 3.92. The van der Waals surface area contributed by atoms with E-state index in [0.29, 0.717) is 25.0 Å². The second-order valence-electron chi connectivity index (χ2n) is 5.74. The van der Waals surface area contributed by atoms with Crippen LogP contribution >= 0.6 is 0 Å². The average molecular weight is 296 g/mol. The third kappa shape index (κ3) is 7.45. The number of rotatable bonds is 8. The van der Waals surface area contributed by atoms with Crippen LogP contribution in [0.1, 0.15) is 39.0 Å². The zero-order chi connectivity index (χ0) is 15.0. The zero-order valence-corrected chi connectivity index (χ0v) is 12.3. The van der Waals surface area contributed by atoms with Crippen molar-refractivity contribution in [2.24, 2.45) is 5.92 Å². The topological polar surface area (TPSA) is 35.5 Å². The molecule has 1 fully saturated rings. The number of aliphatic hydroxyl groups excluding tert-OH is 1. The van der Waals surface area contributed by atoms with Gasteiger partial charge in [0.2, 0.25) is 0 Å². The van der Waals surface area contributed by atoms with Gasteiger partial charge >= 0.3 is 6.18 Å². The van der Waals surface area contributed by atoms with Crippen molar-refractivity contribution in [3.63, 3.8) is 0 Å². The molecule has 1 aliphatic heterocycles. The van der Waals surface area contributed by atoms with E-state index >= 15 is 0 Å². The number of hydrogen-bond donors (Lipinski definition) is 2. The van der Waals surface area contributed by atoms with Crippen LogP contribution in [-0.2, 0) is 0 Å². The Morgan fingerprint density at radius 2 is 1.90 bits per heavy atom. The summed E-state index contributed by atoms with van der Waals surface area (Å²) in [6, 6.07) is 0.317. The first-order valence-electron chi connectivity index (χ1n) is 7.58. The molecule has 0 aromatic carbocycles. The van der Waals surface area contributed by atoms with Crippen LogP contribution in [-0.4, -0.2) is 55.0 Å². The van der Waals surface area contributed by atoms with Crippen molar-refractivity contribution >= 4 is 0 Å². The summed E-state index contributed by atoms with van der Waals surface area (Å²) >= 11 is 0. The minimum atomic E-state index is -4.09. The van der Waals surface area contributed by atoms with Gasteiger partial charge in [0.25, 0.3) is 0 Å². The maximum absolute atomic E-state index is 12.3. The quantitative estimate of drug-likeness (QED) is 0.722. The van der Waals surface area contributed by atoms with E-state index in [1.165, 1.54) is 4.90 Å². The van der Waals surface area contributed by atoms with E-state index in [2.05, 4.69) is 12.2 Å². The van der Waals surface area contributed by atoms with Gasteiger partial charge in [-0.2, -0.15) is 13.2 Å². The van der Waals surface area contributed by atoms with Gasteiger partial charge in [-0.05, 0) is 51.2 Å². The van der Waals surface area contributed by atoms with Crippen LogP contribution in [0.15, 0.2) is 0 Å². The van der Waals surface area contributed by atoms with Crippen molar-refractivity contribution in [3.8, 4) is 0 Å². The minimum Gasteiger partial charge on any atom is -0.396 e. The molecule has 1 atom stereocenters. The molecule has 1 heterocycles. The van der Waals surface area contributed by atoms with Crippen LogP contribution in [0, 0.1) is 5.92 Å². The Morgan fingerprint density at radius 3 is 2.40 bits per heavy atom. The molecule has 0 aromatic heterocycles. The summed E-state index contributed by atoms with van der Waals surface area (Å²) in [6.45, 7) is 3.42. The molecule has 1 aliphatic rings. The summed E-state index contributed by atoms with van der Waals surface area (Å²) in [6.07, 6.45) is 0.431. The van der Waals surface area contributed by atoms with Gasteiger partial charge in [-0.3, -0.25) is 4.90 Å². The predicted octanol–water partition coefficient (Wildman–Crippen LogP) is 2.40. The van der Waals surface area contributed by atoms with Crippen molar-refractivity contribution in [3.05, 3.63) is 0 Å². The van der Waals surface area contributed by atoms with Crippen molar-refractivity contribution in [1.82, 2.24) is 10.2 Å². The lowest BCUT2D eigenvalue weighted by Gasteiger charge is -2.33. The Labute approximate surface area is 119 Å². The van der Waals surface area contributed by atoms with Crippen molar-refractivity contribution in [2.75, 3.05) is 32.8 Å². The average Bonchev–Trinajstić information content (AvgIpc) is 2.36. The number of halogens is 3. The summed E-state index contributed by atoms with van der Waals surface area (Å²) in [5.74, 6) is 0.471. The van der Waals surface area contributed by atoms with Crippen LogP contribution in [0.3, 0.4) is 0 Å². The molecular weight excluding hydrogens is 269 g/mol. The van der Waals surface area contributed by atoms with Gasteiger partial charge in [0.1, 0.15) is 0 Å². The second kappa shape index (κ2) is 8.85. The highest BCUT2D eigenvalue weighted by atomic mass is 19.4. The molecular formula is C14H27F3N2O.